The molecule has 0 aliphatic rings. The quantitative estimate of drug-likeness (QED) is 0.339. The van der Waals surface area contributed by atoms with Crippen molar-refractivity contribution in [2.45, 2.75) is 33.4 Å². The van der Waals surface area contributed by atoms with Gasteiger partial charge in [-0.1, -0.05) is 37.0 Å². The number of nitrogens with one attached hydrogen (secondary N) is 2. The molecule has 0 saturated heterocycles. The number of thiazole rings is 1. The van der Waals surface area contributed by atoms with Crippen LogP contribution in [0.5, 0.6) is 0 Å². The Morgan fingerprint density at radius 1 is 1.32 bits per heavy atom. The highest BCUT2D eigenvalue weighted by atomic mass is 127. The first kappa shape index (κ1) is 22.5. The summed E-state index contributed by atoms with van der Waals surface area (Å²) in [6.45, 7) is 5.69. The Kier molecular flexibility index (Phi) is 9.55. The second-order valence-corrected chi connectivity index (χ2v) is 7.90. The lowest BCUT2D eigenvalue weighted by atomic mass is 10.1. The predicted octanol–water partition coefficient (Wildman–Crippen LogP) is 4.47. The van der Waals surface area contributed by atoms with Crippen molar-refractivity contribution in [2.24, 2.45) is 18.0 Å². The number of aliphatic imine (C=N–C) groups is 1. The lowest BCUT2D eigenvalue weighted by Gasteiger charge is -2.11. The van der Waals surface area contributed by atoms with Crippen LogP contribution in [-0.2, 0) is 26.6 Å². The topological polar surface area (TPSA) is 54.2 Å². The molecule has 2 rings (SSSR count). The van der Waals surface area contributed by atoms with Crippen LogP contribution in [0, 0.1) is 5.92 Å². The zero-order chi connectivity index (χ0) is 17.7. The van der Waals surface area contributed by atoms with Crippen molar-refractivity contribution >= 4 is 64.5 Å². The molecule has 0 spiro atoms. The average molecular weight is 516 g/mol. The van der Waals surface area contributed by atoms with Crippen molar-refractivity contribution in [1.82, 2.24) is 20.2 Å². The first-order valence-corrected chi connectivity index (χ1v) is 9.35. The Balaban J connectivity index is 0.00000312. The van der Waals surface area contributed by atoms with E-state index in [9.17, 15) is 0 Å². The zero-order valence-corrected chi connectivity index (χ0v) is 19.4. The van der Waals surface area contributed by atoms with Crippen LogP contribution in [0.25, 0.3) is 0 Å². The summed E-state index contributed by atoms with van der Waals surface area (Å²) < 4.78 is 1.85. The smallest absolute Gasteiger partial charge is 0.191 e. The van der Waals surface area contributed by atoms with Crippen molar-refractivity contribution in [3.8, 4) is 0 Å². The Labute approximate surface area is 180 Å². The van der Waals surface area contributed by atoms with Gasteiger partial charge < -0.3 is 15.2 Å². The third-order valence-electron chi connectivity index (χ3n) is 3.49. The van der Waals surface area contributed by atoms with Gasteiger partial charge in [0.1, 0.15) is 5.15 Å². The number of hydrogen-bond acceptors (Lipinski definition) is 3. The number of nitrogens with zero attached hydrogens (tertiary/aromatic N) is 3. The fraction of sp³-hybridized carbons (Fsp3) is 0.500. The van der Waals surface area contributed by atoms with Gasteiger partial charge in [0.05, 0.1) is 23.1 Å². The van der Waals surface area contributed by atoms with Gasteiger partial charge in [-0.15, -0.1) is 35.3 Å². The molecule has 5 nitrogen and oxygen atoms in total. The summed E-state index contributed by atoms with van der Waals surface area (Å²) in [6, 6.07) is 1.85. The van der Waals surface area contributed by atoms with E-state index in [1.54, 1.807) is 18.4 Å². The maximum Gasteiger partial charge on any atom is 0.191 e. The van der Waals surface area contributed by atoms with E-state index < -0.39 is 0 Å². The number of halogens is 3. The van der Waals surface area contributed by atoms with Gasteiger partial charge in [-0.3, -0.25) is 4.99 Å². The van der Waals surface area contributed by atoms with E-state index in [-0.39, 0.29) is 24.0 Å². The molecule has 0 aliphatic carbocycles. The normalized spacial score (nSPS) is 11.6. The fourth-order valence-electron chi connectivity index (χ4n) is 2.20. The standard InChI is InChI=1S/C16H23Cl2N5S.HI/c1-10(2)5-14-20-8-12(24-14)9-22-16(19-3)21-7-11-6-13(17)15(18)23(11)4;/h6,8,10H,5,7,9H2,1-4H3,(H2,19,21,22);1H. The van der Waals surface area contributed by atoms with Gasteiger partial charge in [-0.2, -0.15) is 0 Å². The van der Waals surface area contributed by atoms with E-state index in [1.165, 1.54) is 9.88 Å². The number of rotatable bonds is 6. The molecule has 9 heteroatoms. The minimum Gasteiger partial charge on any atom is -0.351 e. The molecule has 0 fully saturated rings. The number of guanidine groups is 1. The Bertz CT molecular complexity index is 711. The van der Waals surface area contributed by atoms with Gasteiger partial charge in [0.15, 0.2) is 5.96 Å². The summed E-state index contributed by atoms with van der Waals surface area (Å²) in [5.74, 6) is 1.34. The summed E-state index contributed by atoms with van der Waals surface area (Å²) in [6.07, 6.45) is 2.95. The molecule has 0 aliphatic heterocycles. The van der Waals surface area contributed by atoms with E-state index >= 15 is 0 Å². The maximum atomic E-state index is 6.08. The predicted molar refractivity (Wildman–Crippen MR) is 119 cm³/mol. The zero-order valence-electron chi connectivity index (χ0n) is 14.8. The van der Waals surface area contributed by atoms with E-state index in [0.29, 0.717) is 29.2 Å². The second-order valence-electron chi connectivity index (χ2n) is 5.93. The summed E-state index contributed by atoms with van der Waals surface area (Å²) >= 11 is 13.9. The molecular weight excluding hydrogens is 492 g/mol. The molecule has 140 valence electrons. The largest absolute Gasteiger partial charge is 0.351 e. The first-order chi connectivity index (χ1) is 11.4. The SMILES string of the molecule is CN=C(NCc1cnc(CC(C)C)s1)NCc1cc(Cl)c(Cl)n1C.I. The molecule has 0 bridgehead atoms. The van der Waals surface area contributed by atoms with Gasteiger partial charge in [0, 0.05) is 37.3 Å². The Morgan fingerprint density at radius 3 is 2.56 bits per heavy atom. The van der Waals surface area contributed by atoms with Crippen LogP contribution in [0.1, 0.15) is 29.4 Å². The van der Waals surface area contributed by atoms with E-state index in [0.717, 1.165) is 18.1 Å². The summed E-state index contributed by atoms with van der Waals surface area (Å²) in [5, 5.41) is 8.83. The molecule has 0 aromatic carbocycles. The molecule has 25 heavy (non-hydrogen) atoms. The number of hydrogen-bond donors (Lipinski definition) is 2. The Hall–Kier alpha value is -0.510. The van der Waals surface area contributed by atoms with Crippen LogP contribution in [-0.4, -0.2) is 22.6 Å². The summed E-state index contributed by atoms with van der Waals surface area (Å²) in [4.78, 5) is 9.89. The summed E-state index contributed by atoms with van der Waals surface area (Å²) in [7, 11) is 3.63. The van der Waals surface area contributed by atoms with Crippen LogP contribution in [0.4, 0.5) is 0 Å². The highest BCUT2D eigenvalue weighted by Gasteiger charge is 2.10. The third-order valence-corrected chi connectivity index (χ3v) is 5.35. The minimum atomic E-state index is 0. The van der Waals surface area contributed by atoms with Crippen LogP contribution in [0.3, 0.4) is 0 Å². The third kappa shape index (κ3) is 6.62. The van der Waals surface area contributed by atoms with E-state index in [2.05, 4.69) is 34.5 Å². The first-order valence-electron chi connectivity index (χ1n) is 7.78. The van der Waals surface area contributed by atoms with Crippen LogP contribution < -0.4 is 10.6 Å². The van der Waals surface area contributed by atoms with Crippen molar-refractivity contribution in [3.05, 3.63) is 38.0 Å². The molecular formula is C16H24Cl2IN5S. The molecule has 0 amide bonds. The van der Waals surface area contributed by atoms with Crippen molar-refractivity contribution in [2.75, 3.05) is 7.05 Å². The molecule has 2 aromatic heterocycles. The molecule has 0 radical (unpaired) electrons. The minimum absolute atomic E-state index is 0. The van der Waals surface area contributed by atoms with E-state index in [1.807, 2.05) is 23.9 Å². The van der Waals surface area contributed by atoms with Gasteiger partial charge >= 0.3 is 0 Å². The van der Waals surface area contributed by atoms with Crippen LogP contribution in [0.2, 0.25) is 10.2 Å². The van der Waals surface area contributed by atoms with Crippen molar-refractivity contribution in [3.63, 3.8) is 0 Å². The number of aromatic nitrogens is 2. The molecule has 2 aromatic rings. The van der Waals surface area contributed by atoms with Gasteiger partial charge in [-0.25, -0.2) is 4.98 Å². The second kappa shape index (κ2) is 10.6. The van der Waals surface area contributed by atoms with E-state index in [4.69, 9.17) is 23.2 Å². The van der Waals surface area contributed by atoms with Crippen LogP contribution in [0.15, 0.2) is 17.3 Å². The summed E-state index contributed by atoms with van der Waals surface area (Å²) in [5.41, 5.74) is 0.991. The highest BCUT2D eigenvalue weighted by molar-refractivity contribution is 14.0. The maximum absolute atomic E-state index is 6.08. The fourth-order valence-corrected chi connectivity index (χ4v) is 3.69. The lowest BCUT2D eigenvalue weighted by molar-refractivity contribution is 0.644. The average Bonchev–Trinajstić information content (AvgIpc) is 3.07. The molecule has 0 atom stereocenters. The molecule has 0 unspecified atom stereocenters. The molecule has 0 saturated carbocycles. The molecule has 2 N–H and O–H groups in total. The monoisotopic (exact) mass is 515 g/mol. The molecule has 2 heterocycles. The van der Waals surface area contributed by atoms with Crippen molar-refractivity contribution in [1.29, 1.82) is 0 Å². The lowest BCUT2D eigenvalue weighted by Crippen LogP contribution is -2.36. The van der Waals surface area contributed by atoms with Crippen molar-refractivity contribution < 1.29 is 0 Å². The van der Waals surface area contributed by atoms with Gasteiger partial charge in [0.2, 0.25) is 0 Å². The van der Waals surface area contributed by atoms with Crippen LogP contribution >= 0.6 is 58.5 Å². The Morgan fingerprint density at radius 2 is 2.00 bits per heavy atom. The highest BCUT2D eigenvalue weighted by Crippen LogP contribution is 2.24. The van der Waals surface area contributed by atoms with Gasteiger partial charge in [-0.05, 0) is 12.0 Å². The van der Waals surface area contributed by atoms with Gasteiger partial charge in [0.25, 0.3) is 0 Å².